The highest BCUT2D eigenvalue weighted by atomic mass is 32.2. The van der Waals surface area contributed by atoms with Crippen molar-refractivity contribution in [3.8, 4) is 17.0 Å². The number of aromatic nitrogens is 1. The lowest BCUT2D eigenvalue weighted by atomic mass is 10.1. The molecule has 2 N–H and O–H groups in total. The van der Waals surface area contributed by atoms with Gasteiger partial charge in [0.1, 0.15) is 11.6 Å². The first-order valence-corrected chi connectivity index (χ1v) is 10.1. The summed E-state index contributed by atoms with van der Waals surface area (Å²) in [6.45, 7) is 0.00909. The molecule has 0 saturated heterocycles. The second-order valence-corrected chi connectivity index (χ2v) is 7.78. The number of ether oxygens (including phenoxy) is 1. The standard InChI is InChI=1S/C19H14FN3O3S2/c20-12-2-4-13(5-3-12)27-10-18(25)23-19-22-15(9-28-19)11-1-6-16-14(7-11)21-17(24)8-26-16/h1-7,9H,8,10H2,(H,21,24)(H,22,23,25). The minimum atomic E-state index is -0.308. The molecule has 1 aliphatic rings. The number of fused-ring (bicyclic) bond motifs is 1. The van der Waals surface area contributed by atoms with E-state index in [-0.39, 0.29) is 30.0 Å². The molecular weight excluding hydrogens is 401 g/mol. The number of carbonyl (C=O) groups is 2. The minimum Gasteiger partial charge on any atom is -0.482 e. The van der Waals surface area contributed by atoms with E-state index < -0.39 is 0 Å². The molecule has 0 bridgehead atoms. The summed E-state index contributed by atoms with van der Waals surface area (Å²) in [6, 6.07) is 11.4. The van der Waals surface area contributed by atoms with Crippen LogP contribution in [-0.2, 0) is 9.59 Å². The van der Waals surface area contributed by atoms with E-state index in [1.807, 2.05) is 11.4 Å². The average Bonchev–Trinajstić information content (AvgIpc) is 3.15. The summed E-state index contributed by atoms with van der Waals surface area (Å²) < 4.78 is 18.2. The van der Waals surface area contributed by atoms with Crippen LogP contribution in [0.25, 0.3) is 11.3 Å². The fraction of sp³-hybridized carbons (Fsp3) is 0.105. The zero-order valence-electron chi connectivity index (χ0n) is 14.4. The molecule has 28 heavy (non-hydrogen) atoms. The second kappa shape index (κ2) is 7.99. The van der Waals surface area contributed by atoms with Gasteiger partial charge < -0.3 is 15.4 Å². The van der Waals surface area contributed by atoms with E-state index in [0.29, 0.717) is 22.3 Å². The Morgan fingerprint density at radius 3 is 2.93 bits per heavy atom. The van der Waals surface area contributed by atoms with Gasteiger partial charge in [-0.3, -0.25) is 9.59 Å². The van der Waals surface area contributed by atoms with Gasteiger partial charge in [-0.05, 0) is 42.5 Å². The summed E-state index contributed by atoms with van der Waals surface area (Å²) >= 11 is 2.63. The Morgan fingerprint density at radius 1 is 1.29 bits per heavy atom. The molecule has 2 amide bonds. The highest BCUT2D eigenvalue weighted by Crippen LogP contribution is 2.33. The van der Waals surface area contributed by atoms with E-state index in [0.717, 1.165) is 10.5 Å². The monoisotopic (exact) mass is 415 g/mol. The van der Waals surface area contributed by atoms with Crippen molar-refractivity contribution in [2.75, 3.05) is 23.0 Å². The van der Waals surface area contributed by atoms with Crippen molar-refractivity contribution in [1.82, 2.24) is 4.98 Å². The van der Waals surface area contributed by atoms with Crippen LogP contribution < -0.4 is 15.4 Å². The van der Waals surface area contributed by atoms with Crippen molar-refractivity contribution < 1.29 is 18.7 Å². The van der Waals surface area contributed by atoms with Crippen molar-refractivity contribution in [2.24, 2.45) is 0 Å². The second-order valence-electron chi connectivity index (χ2n) is 5.88. The van der Waals surface area contributed by atoms with Gasteiger partial charge in [-0.15, -0.1) is 23.1 Å². The molecule has 0 saturated carbocycles. The largest absolute Gasteiger partial charge is 0.482 e. The third-order valence-corrected chi connectivity index (χ3v) is 5.61. The maximum Gasteiger partial charge on any atom is 0.262 e. The predicted molar refractivity (Wildman–Crippen MR) is 107 cm³/mol. The minimum absolute atomic E-state index is 0.00909. The molecule has 3 aromatic rings. The molecule has 0 fully saturated rings. The first kappa shape index (κ1) is 18.5. The Kier molecular flexibility index (Phi) is 5.27. The molecular formula is C19H14FN3O3S2. The lowest BCUT2D eigenvalue weighted by Gasteiger charge is -2.18. The molecule has 1 aromatic heterocycles. The quantitative estimate of drug-likeness (QED) is 0.616. The SMILES string of the molecule is O=C(CSc1ccc(F)cc1)Nc1nc(-c2ccc3c(c2)NC(=O)CO3)cs1. The number of rotatable bonds is 5. The van der Waals surface area contributed by atoms with Crippen LogP contribution in [0.5, 0.6) is 5.75 Å². The lowest BCUT2D eigenvalue weighted by molar-refractivity contribution is -0.118. The van der Waals surface area contributed by atoms with Gasteiger partial charge >= 0.3 is 0 Å². The zero-order valence-corrected chi connectivity index (χ0v) is 16.0. The van der Waals surface area contributed by atoms with Crippen LogP contribution in [-0.4, -0.2) is 29.2 Å². The third-order valence-electron chi connectivity index (χ3n) is 3.84. The predicted octanol–water partition coefficient (Wildman–Crippen LogP) is 4.01. The Labute approximate surface area is 168 Å². The van der Waals surface area contributed by atoms with Crippen LogP contribution in [0.15, 0.2) is 52.7 Å². The van der Waals surface area contributed by atoms with E-state index in [9.17, 15) is 14.0 Å². The van der Waals surface area contributed by atoms with Gasteiger partial charge in [0.25, 0.3) is 5.91 Å². The molecule has 1 aliphatic heterocycles. The van der Waals surface area contributed by atoms with Crippen molar-refractivity contribution in [3.05, 3.63) is 53.7 Å². The third kappa shape index (κ3) is 4.32. The van der Waals surface area contributed by atoms with E-state index in [1.165, 1.54) is 35.2 Å². The number of halogens is 1. The Hall–Kier alpha value is -2.91. The van der Waals surface area contributed by atoms with Crippen molar-refractivity contribution in [1.29, 1.82) is 0 Å². The van der Waals surface area contributed by atoms with Crippen molar-refractivity contribution >= 4 is 45.7 Å². The van der Waals surface area contributed by atoms with Gasteiger partial charge in [0.15, 0.2) is 11.7 Å². The smallest absolute Gasteiger partial charge is 0.262 e. The molecule has 0 aliphatic carbocycles. The van der Waals surface area contributed by atoms with Gasteiger partial charge in [-0.25, -0.2) is 9.37 Å². The summed E-state index contributed by atoms with van der Waals surface area (Å²) in [6.07, 6.45) is 0. The number of thioether (sulfide) groups is 1. The fourth-order valence-corrected chi connectivity index (χ4v) is 3.98. The average molecular weight is 415 g/mol. The molecule has 0 radical (unpaired) electrons. The summed E-state index contributed by atoms with van der Waals surface area (Å²) in [5, 5.41) is 7.84. The van der Waals surface area contributed by atoms with E-state index in [4.69, 9.17) is 4.74 Å². The van der Waals surface area contributed by atoms with Crippen molar-refractivity contribution in [2.45, 2.75) is 4.90 Å². The van der Waals surface area contributed by atoms with Crippen LogP contribution in [0.3, 0.4) is 0 Å². The summed E-state index contributed by atoms with van der Waals surface area (Å²) in [7, 11) is 0. The zero-order chi connectivity index (χ0) is 19.5. The van der Waals surface area contributed by atoms with Crippen LogP contribution in [0, 0.1) is 5.82 Å². The molecule has 4 rings (SSSR count). The maximum atomic E-state index is 12.9. The van der Waals surface area contributed by atoms with Crippen LogP contribution in [0.2, 0.25) is 0 Å². The molecule has 0 atom stereocenters. The molecule has 2 heterocycles. The normalized spacial score (nSPS) is 12.7. The van der Waals surface area contributed by atoms with Crippen LogP contribution in [0.4, 0.5) is 15.2 Å². The van der Waals surface area contributed by atoms with E-state index >= 15 is 0 Å². The summed E-state index contributed by atoms with van der Waals surface area (Å²) in [5.41, 5.74) is 2.10. The molecule has 2 aromatic carbocycles. The highest BCUT2D eigenvalue weighted by Gasteiger charge is 2.17. The Balaban J connectivity index is 1.39. The number of thiazole rings is 1. The number of nitrogens with zero attached hydrogens (tertiary/aromatic N) is 1. The van der Waals surface area contributed by atoms with Gasteiger partial charge in [0, 0.05) is 15.8 Å². The summed E-state index contributed by atoms with van der Waals surface area (Å²) in [5.74, 6) is 0.112. The number of hydrogen-bond donors (Lipinski definition) is 2. The van der Waals surface area contributed by atoms with Gasteiger partial charge in [0.2, 0.25) is 5.91 Å². The lowest BCUT2D eigenvalue weighted by Crippen LogP contribution is -2.25. The Morgan fingerprint density at radius 2 is 2.11 bits per heavy atom. The van der Waals surface area contributed by atoms with Crippen LogP contribution >= 0.6 is 23.1 Å². The number of hydrogen-bond acceptors (Lipinski definition) is 6. The Bertz CT molecular complexity index is 1040. The van der Waals surface area contributed by atoms with Gasteiger partial charge in [-0.1, -0.05) is 0 Å². The molecule has 0 spiro atoms. The van der Waals surface area contributed by atoms with Crippen molar-refractivity contribution in [3.63, 3.8) is 0 Å². The number of nitrogens with one attached hydrogen (secondary N) is 2. The highest BCUT2D eigenvalue weighted by molar-refractivity contribution is 8.00. The van der Waals surface area contributed by atoms with E-state index in [1.54, 1.807) is 24.3 Å². The van der Waals surface area contributed by atoms with Gasteiger partial charge in [0.05, 0.1) is 17.1 Å². The van der Waals surface area contributed by atoms with Gasteiger partial charge in [-0.2, -0.15) is 0 Å². The topological polar surface area (TPSA) is 80.3 Å². The number of benzene rings is 2. The number of anilines is 2. The van der Waals surface area contributed by atoms with Crippen LogP contribution in [0.1, 0.15) is 0 Å². The fourth-order valence-electron chi connectivity index (χ4n) is 2.54. The number of amides is 2. The first-order valence-electron chi connectivity index (χ1n) is 8.28. The first-order chi connectivity index (χ1) is 13.6. The molecule has 0 unspecified atom stereocenters. The molecule has 9 heteroatoms. The molecule has 142 valence electrons. The number of carbonyl (C=O) groups excluding carboxylic acids is 2. The van der Waals surface area contributed by atoms with E-state index in [2.05, 4.69) is 15.6 Å². The molecule has 6 nitrogen and oxygen atoms in total. The summed E-state index contributed by atoms with van der Waals surface area (Å²) in [4.78, 5) is 28.8. The maximum absolute atomic E-state index is 12.9.